The summed E-state index contributed by atoms with van der Waals surface area (Å²) < 4.78 is 5.75. The first-order chi connectivity index (χ1) is 9.65. The highest BCUT2D eigenvalue weighted by Gasteiger charge is 2.28. The number of hydrogen-bond acceptors (Lipinski definition) is 2. The van der Waals surface area contributed by atoms with Crippen LogP contribution in [0.5, 0.6) is 5.75 Å². The molecule has 1 amide bonds. The Bertz CT molecular complexity index is 634. The van der Waals surface area contributed by atoms with E-state index in [1.807, 2.05) is 55.5 Å². The molecule has 3 nitrogen and oxygen atoms in total. The summed E-state index contributed by atoms with van der Waals surface area (Å²) in [6, 6.07) is 15.8. The van der Waals surface area contributed by atoms with Gasteiger partial charge in [0.25, 0.3) is 5.91 Å². The first-order valence-electron chi connectivity index (χ1n) is 6.78. The van der Waals surface area contributed by atoms with Crippen LogP contribution in [-0.4, -0.2) is 12.0 Å². The fourth-order valence-electron chi connectivity index (χ4n) is 2.40. The molecule has 0 saturated carbocycles. The van der Waals surface area contributed by atoms with Crippen LogP contribution in [0.4, 0.5) is 5.69 Å². The quantitative estimate of drug-likeness (QED) is 0.793. The van der Waals surface area contributed by atoms with Crippen molar-refractivity contribution in [1.82, 2.24) is 0 Å². The van der Waals surface area contributed by atoms with E-state index in [2.05, 4.69) is 0 Å². The lowest BCUT2D eigenvalue weighted by atomic mass is 10.1. The molecule has 0 saturated heterocycles. The Balaban J connectivity index is 2.02. The summed E-state index contributed by atoms with van der Waals surface area (Å²) in [7, 11) is 0. The van der Waals surface area contributed by atoms with Gasteiger partial charge in [0.2, 0.25) is 0 Å². The zero-order chi connectivity index (χ0) is 14.1. The lowest BCUT2D eigenvalue weighted by Crippen LogP contribution is -2.37. The van der Waals surface area contributed by atoms with E-state index in [9.17, 15) is 4.79 Å². The number of benzene rings is 2. The van der Waals surface area contributed by atoms with Crippen molar-refractivity contribution in [2.75, 3.05) is 4.90 Å². The lowest BCUT2D eigenvalue weighted by Gasteiger charge is -2.22. The molecule has 1 atom stereocenters. The molecule has 2 aromatic carbocycles. The Morgan fingerprint density at radius 3 is 2.55 bits per heavy atom. The van der Waals surface area contributed by atoms with E-state index in [1.54, 1.807) is 11.8 Å². The molecule has 0 bridgehead atoms. The Labute approximate surface area is 118 Å². The monoisotopic (exact) mass is 267 g/mol. The maximum absolute atomic E-state index is 12.5. The van der Waals surface area contributed by atoms with Gasteiger partial charge in [-0.05, 0) is 32.0 Å². The molecular formula is C17H17NO2. The molecule has 1 aliphatic rings. The highest BCUT2D eigenvalue weighted by atomic mass is 16.5. The fraction of sp³-hybridized carbons (Fsp3) is 0.235. The molecule has 1 aliphatic heterocycles. The smallest absolute Gasteiger partial charge is 0.268 e. The lowest BCUT2D eigenvalue weighted by molar-refractivity contribution is -0.124. The van der Waals surface area contributed by atoms with Crippen LogP contribution in [0, 0.1) is 6.92 Å². The summed E-state index contributed by atoms with van der Waals surface area (Å²) in [6.07, 6.45) is -0.472. The van der Waals surface area contributed by atoms with Crippen LogP contribution < -0.4 is 9.64 Å². The topological polar surface area (TPSA) is 29.5 Å². The molecule has 0 aliphatic carbocycles. The number of ether oxygens (including phenoxy) is 1. The van der Waals surface area contributed by atoms with Gasteiger partial charge in [0, 0.05) is 11.3 Å². The second kappa shape index (κ2) is 5.00. The summed E-state index contributed by atoms with van der Waals surface area (Å²) in [5, 5.41) is 0. The van der Waals surface area contributed by atoms with Crippen LogP contribution in [0.2, 0.25) is 0 Å². The van der Waals surface area contributed by atoms with Crippen molar-refractivity contribution in [2.24, 2.45) is 0 Å². The molecule has 0 fully saturated rings. The Kier molecular flexibility index (Phi) is 3.18. The van der Waals surface area contributed by atoms with Crippen molar-refractivity contribution in [3.63, 3.8) is 0 Å². The van der Waals surface area contributed by atoms with Crippen molar-refractivity contribution in [3.05, 3.63) is 59.7 Å². The molecule has 0 unspecified atom stereocenters. The Morgan fingerprint density at radius 1 is 1.10 bits per heavy atom. The van der Waals surface area contributed by atoms with E-state index in [0.29, 0.717) is 6.54 Å². The maximum Gasteiger partial charge on any atom is 0.268 e. The highest BCUT2D eigenvalue weighted by Crippen LogP contribution is 2.28. The molecule has 0 aromatic heterocycles. The van der Waals surface area contributed by atoms with Crippen LogP contribution in [0.3, 0.4) is 0 Å². The number of carbonyl (C=O) groups is 1. The van der Waals surface area contributed by atoms with E-state index in [4.69, 9.17) is 4.74 Å². The molecule has 2 aromatic rings. The maximum atomic E-state index is 12.5. The number of nitrogens with zero attached hydrogens (tertiary/aromatic N) is 1. The minimum atomic E-state index is -0.472. The zero-order valence-electron chi connectivity index (χ0n) is 11.7. The van der Waals surface area contributed by atoms with Crippen molar-refractivity contribution < 1.29 is 9.53 Å². The molecule has 0 radical (unpaired) electrons. The summed E-state index contributed by atoms with van der Waals surface area (Å²) >= 11 is 0. The SMILES string of the molecule is Cc1ccc(N2Cc3ccccc3O[C@H](C)C2=O)cc1. The Morgan fingerprint density at radius 2 is 1.80 bits per heavy atom. The fourth-order valence-corrected chi connectivity index (χ4v) is 2.40. The number of hydrogen-bond donors (Lipinski definition) is 0. The van der Waals surface area contributed by atoms with E-state index in [0.717, 1.165) is 17.0 Å². The molecule has 3 rings (SSSR count). The van der Waals surface area contributed by atoms with Gasteiger partial charge in [-0.15, -0.1) is 0 Å². The molecule has 0 N–H and O–H groups in total. The van der Waals surface area contributed by atoms with Gasteiger partial charge in [-0.2, -0.15) is 0 Å². The van der Waals surface area contributed by atoms with Crippen molar-refractivity contribution in [3.8, 4) is 5.75 Å². The minimum Gasteiger partial charge on any atom is -0.481 e. The van der Waals surface area contributed by atoms with Crippen molar-refractivity contribution in [1.29, 1.82) is 0 Å². The van der Waals surface area contributed by atoms with Gasteiger partial charge in [0.15, 0.2) is 6.10 Å². The normalized spacial score (nSPS) is 18.2. The number of amides is 1. The van der Waals surface area contributed by atoms with E-state index < -0.39 is 6.10 Å². The summed E-state index contributed by atoms with van der Waals surface area (Å²) in [4.78, 5) is 14.3. The average Bonchev–Trinajstić information content (AvgIpc) is 2.58. The molecular weight excluding hydrogens is 250 g/mol. The third-order valence-electron chi connectivity index (χ3n) is 3.56. The number of fused-ring (bicyclic) bond motifs is 1. The Hall–Kier alpha value is -2.29. The van der Waals surface area contributed by atoms with Crippen molar-refractivity contribution >= 4 is 11.6 Å². The van der Waals surface area contributed by atoms with Gasteiger partial charge in [-0.1, -0.05) is 35.9 Å². The van der Waals surface area contributed by atoms with Gasteiger partial charge >= 0.3 is 0 Å². The van der Waals surface area contributed by atoms with E-state index >= 15 is 0 Å². The molecule has 102 valence electrons. The van der Waals surface area contributed by atoms with Crippen molar-refractivity contribution in [2.45, 2.75) is 26.5 Å². The van der Waals surface area contributed by atoms with Gasteiger partial charge < -0.3 is 9.64 Å². The first-order valence-corrected chi connectivity index (χ1v) is 6.78. The second-order valence-corrected chi connectivity index (χ2v) is 5.13. The number of anilines is 1. The van der Waals surface area contributed by atoms with Crippen LogP contribution in [-0.2, 0) is 11.3 Å². The number of aryl methyl sites for hydroxylation is 1. The zero-order valence-corrected chi connectivity index (χ0v) is 11.7. The summed E-state index contributed by atoms with van der Waals surface area (Å²) in [5.41, 5.74) is 3.12. The van der Waals surface area contributed by atoms with Gasteiger partial charge in [-0.25, -0.2) is 0 Å². The van der Waals surface area contributed by atoms with Gasteiger partial charge in [0.1, 0.15) is 5.75 Å². The summed E-state index contributed by atoms with van der Waals surface area (Å²) in [5.74, 6) is 0.785. The largest absolute Gasteiger partial charge is 0.481 e. The molecule has 3 heteroatoms. The number of rotatable bonds is 1. The second-order valence-electron chi connectivity index (χ2n) is 5.13. The van der Waals surface area contributed by atoms with Crippen LogP contribution >= 0.6 is 0 Å². The summed E-state index contributed by atoms with van der Waals surface area (Å²) in [6.45, 7) is 4.38. The highest BCUT2D eigenvalue weighted by molar-refractivity contribution is 5.97. The first kappa shape index (κ1) is 12.7. The predicted octanol–water partition coefficient (Wildman–Crippen LogP) is 3.31. The van der Waals surface area contributed by atoms with Crippen LogP contribution in [0.25, 0.3) is 0 Å². The average molecular weight is 267 g/mol. The third-order valence-corrected chi connectivity index (χ3v) is 3.56. The molecule has 20 heavy (non-hydrogen) atoms. The molecule has 1 heterocycles. The van der Waals surface area contributed by atoms with Crippen LogP contribution in [0.15, 0.2) is 48.5 Å². The number of para-hydroxylation sites is 1. The van der Waals surface area contributed by atoms with Gasteiger partial charge in [0.05, 0.1) is 6.54 Å². The van der Waals surface area contributed by atoms with E-state index in [1.165, 1.54) is 5.56 Å². The molecule has 0 spiro atoms. The predicted molar refractivity (Wildman–Crippen MR) is 78.9 cm³/mol. The number of carbonyl (C=O) groups excluding carboxylic acids is 1. The van der Waals surface area contributed by atoms with E-state index in [-0.39, 0.29) is 5.91 Å². The van der Waals surface area contributed by atoms with Crippen LogP contribution in [0.1, 0.15) is 18.1 Å². The third kappa shape index (κ3) is 2.27. The van der Waals surface area contributed by atoms with Gasteiger partial charge in [-0.3, -0.25) is 4.79 Å². The minimum absolute atomic E-state index is 0.00921. The standard InChI is InChI=1S/C17H17NO2/c1-12-7-9-15(10-8-12)18-11-14-5-3-4-6-16(14)20-13(2)17(18)19/h3-10,13H,11H2,1-2H3/t13-/m1/s1.